The molecule has 0 aliphatic rings. The molecule has 0 atom stereocenters. The van der Waals surface area contributed by atoms with Crippen molar-refractivity contribution in [2.45, 2.75) is 13.8 Å². The van der Waals surface area contributed by atoms with Crippen LogP contribution >= 0.6 is 0 Å². The smallest absolute Gasteiger partial charge is 0.251 e. The first-order valence-corrected chi connectivity index (χ1v) is 5.20. The summed E-state index contributed by atoms with van der Waals surface area (Å²) in [7, 11) is 0. The highest BCUT2D eigenvalue weighted by Gasteiger charge is 2.25. The zero-order valence-corrected chi connectivity index (χ0v) is 9.86. The predicted molar refractivity (Wildman–Crippen MR) is 63.4 cm³/mol. The van der Waals surface area contributed by atoms with Crippen molar-refractivity contribution in [3.05, 3.63) is 29.8 Å². The van der Waals surface area contributed by atoms with E-state index in [0.717, 1.165) is 0 Å². The minimum atomic E-state index is -0.799. The highest BCUT2D eigenvalue weighted by molar-refractivity contribution is 5.95. The lowest BCUT2D eigenvalue weighted by atomic mass is 9.92. The van der Waals surface area contributed by atoms with Gasteiger partial charge in [0.2, 0.25) is 5.91 Å². The number of primary amides is 1. The number of nitrogens with one attached hydrogen (secondary N) is 1. The van der Waals surface area contributed by atoms with Crippen LogP contribution in [0.25, 0.3) is 0 Å². The number of carbonyl (C=O) groups excluding carboxylic acids is 2. The summed E-state index contributed by atoms with van der Waals surface area (Å²) < 4.78 is 0. The molecule has 5 heteroatoms. The molecule has 5 nitrogen and oxygen atoms in total. The van der Waals surface area contributed by atoms with E-state index in [1.54, 1.807) is 26.0 Å². The van der Waals surface area contributed by atoms with Gasteiger partial charge in [-0.2, -0.15) is 0 Å². The van der Waals surface area contributed by atoms with Crippen LogP contribution in [0.4, 0.5) is 0 Å². The summed E-state index contributed by atoms with van der Waals surface area (Å²) in [6, 6.07) is 5.98. The van der Waals surface area contributed by atoms with Crippen LogP contribution in [0, 0.1) is 5.41 Å². The van der Waals surface area contributed by atoms with Crippen molar-refractivity contribution in [3.8, 4) is 5.75 Å². The molecule has 0 aromatic heterocycles. The van der Waals surface area contributed by atoms with Gasteiger partial charge in [0.05, 0.1) is 5.41 Å². The quantitative estimate of drug-likeness (QED) is 0.716. The van der Waals surface area contributed by atoms with E-state index >= 15 is 0 Å². The van der Waals surface area contributed by atoms with Crippen LogP contribution in [0.1, 0.15) is 24.2 Å². The largest absolute Gasteiger partial charge is 0.508 e. The van der Waals surface area contributed by atoms with Crippen LogP contribution < -0.4 is 11.1 Å². The summed E-state index contributed by atoms with van der Waals surface area (Å²) >= 11 is 0. The standard InChI is InChI=1S/C12H16N2O3/c1-12(2,11(13)17)7-14-10(16)8-4-3-5-9(15)6-8/h3-6,15H,7H2,1-2H3,(H2,13,17)(H,14,16). The Morgan fingerprint density at radius 3 is 2.59 bits per heavy atom. The molecule has 1 aromatic rings. The molecule has 1 rings (SSSR count). The molecular weight excluding hydrogens is 220 g/mol. The molecular formula is C12H16N2O3. The number of hydrogen-bond donors (Lipinski definition) is 3. The Balaban J connectivity index is 2.65. The third-order valence-corrected chi connectivity index (χ3v) is 2.47. The number of hydrogen-bond acceptors (Lipinski definition) is 3. The lowest BCUT2D eigenvalue weighted by Crippen LogP contribution is -2.42. The molecule has 0 unspecified atom stereocenters. The van der Waals surface area contributed by atoms with E-state index in [1.807, 2.05) is 0 Å². The molecule has 17 heavy (non-hydrogen) atoms. The van der Waals surface area contributed by atoms with Crippen LogP contribution in [0.2, 0.25) is 0 Å². The average Bonchev–Trinajstić information content (AvgIpc) is 2.25. The monoisotopic (exact) mass is 236 g/mol. The first kappa shape index (κ1) is 13.0. The van der Waals surface area contributed by atoms with Gasteiger partial charge in [0.15, 0.2) is 0 Å². The summed E-state index contributed by atoms with van der Waals surface area (Å²) in [5.74, 6) is -0.809. The molecule has 92 valence electrons. The topological polar surface area (TPSA) is 92.4 Å². The summed E-state index contributed by atoms with van der Waals surface area (Å²) in [4.78, 5) is 22.7. The van der Waals surface area contributed by atoms with Gasteiger partial charge in [0.25, 0.3) is 5.91 Å². The maximum Gasteiger partial charge on any atom is 0.251 e. The highest BCUT2D eigenvalue weighted by Crippen LogP contribution is 2.14. The second kappa shape index (κ2) is 4.86. The second-order valence-electron chi connectivity index (χ2n) is 4.48. The Hall–Kier alpha value is -2.04. The van der Waals surface area contributed by atoms with Crippen molar-refractivity contribution in [3.63, 3.8) is 0 Å². The Morgan fingerprint density at radius 1 is 1.41 bits per heavy atom. The molecule has 1 aromatic carbocycles. The van der Waals surface area contributed by atoms with Crippen LogP contribution in [-0.4, -0.2) is 23.5 Å². The molecule has 0 heterocycles. The zero-order chi connectivity index (χ0) is 13.1. The van der Waals surface area contributed by atoms with E-state index in [1.165, 1.54) is 12.1 Å². The third kappa shape index (κ3) is 3.48. The molecule has 0 aliphatic heterocycles. The van der Waals surface area contributed by atoms with Gasteiger partial charge in [-0.25, -0.2) is 0 Å². The highest BCUT2D eigenvalue weighted by atomic mass is 16.3. The molecule has 0 aliphatic carbocycles. The number of rotatable bonds is 4. The van der Waals surface area contributed by atoms with Crippen molar-refractivity contribution in [1.82, 2.24) is 5.32 Å². The lowest BCUT2D eigenvalue weighted by molar-refractivity contribution is -0.125. The van der Waals surface area contributed by atoms with Gasteiger partial charge >= 0.3 is 0 Å². The number of carbonyl (C=O) groups is 2. The summed E-state index contributed by atoms with van der Waals surface area (Å²) in [6.07, 6.45) is 0. The van der Waals surface area contributed by atoms with E-state index in [0.29, 0.717) is 5.56 Å². The van der Waals surface area contributed by atoms with Crippen LogP contribution in [0.5, 0.6) is 5.75 Å². The van der Waals surface area contributed by atoms with E-state index < -0.39 is 11.3 Å². The first-order valence-electron chi connectivity index (χ1n) is 5.20. The lowest BCUT2D eigenvalue weighted by Gasteiger charge is -2.20. The van der Waals surface area contributed by atoms with Crippen molar-refractivity contribution in [1.29, 1.82) is 0 Å². The number of benzene rings is 1. The van der Waals surface area contributed by atoms with Gasteiger partial charge in [-0.15, -0.1) is 0 Å². The van der Waals surface area contributed by atoms with E-state index in [4.69, 9.17) is 5.73 Å². The zero-order valence-electron chi connectivity index (χ0n) is 9.86. The molecule has 2 amide bonds. The Labute approximate surface area is 99.6 Å². The molecule has 0 fully saturated rings. The SMILES string of the molecule is CC(C)(CNC(=O)c1cccc(O)c1)C(N)=O. The molecule has 4 N–H and O–H groups in total. The summed E-state index contributed by atoms with van der Waals surface area (Å²) in [6.45, 7) is 3.45. The number of aromatic hydroxyl groups is 1. The van der Waals surface area contributed by atoms with Gasteiger partial charge in [-0.3, -0.25) is 9.59 Å². The minimum Gasteiger partial charge on any atom is -0.508 e. The number of phenolic OH excluding ortho intramolecular Hbond substituents is 1. The Bertz CT molecular complexity index is 441. The third-order valence-electron chi connectivity index (χ3n) is 2.47. The van der Waals surface area contributed by atoms with Crippen molar-refractivity contribution in [2.24, 2.45) is 11.1 Å². The second-order valence-corrected chi connectivity index (χ2v) is 4.48. The van der Waals surface area contributed by atoms with Crippen molar-refractivity contribution < 1.29 is 14.7 Å². The molecule has 0 radical (unpaired) electrons. The minimum absolute atomic E-state index is 0.0202. The Morgan fingerprint density at radius 2 is 2.06 bits per heavy atom. The maximum atomic E-state index is 11.7. The molecule has 0 saturated carbocycles. The van der Waals surface area contributed by atoms with E-state index in [9.17, 15) is 14.7 Å². The number of amides is 2. The van der Waals surface area contributed by atoms with Gasteiger partial charge in [0.1, 0.15) is 5.75 Å². The van der Waals surface area contributed by atoms with E-state index in [2.05, 4.69) is 5.32 Å². The first-order chi connectivity index (χ1) is 7.83. The fourth-order valence-corrected chi connectivity index (χ4v) is 1.14. The number of nitrogens with two attached hydrogens (primary N) is 1. The van der Waals surface area contributed by atoms with Gasteiger partial charge in [0, 0.05) is 12.1 Å². The van der Waals surface area contributed by atoms with E-state index in [-0.39, 0.29) is 18.2 Å². The van der Waals surface area contributed by atoms with Gasteiger partial charge in [-0.05, 0) is 32.0 Å². The number of phenols is 1. The molecule has 0 saturated heterocycles. The van der Waals surface area contributed by atoms with Crippen molar-refractivity contribution in [2.75, 3.05) is 6.54 Å². The Kier molecular flexibility index (Phi) is 3.73. The fraction of sp³-hybridized carbons (Fsp3) is 0.333. The molecule has 0 spiro atoms. The molecule has 0 bridgehead atoms. The van der Waals surface area contributed by atoms with Crippen LogP contribution in [-0.2, 0) is 4.79 Å². The normalized spacial score (nSPS) is 10.9. The maximum absolute atomic E-state index is 11.7. The fourth-order valence-electron chi connectivity index (χ4n) is 1.14. The van der Waals surface area contributed by atoms with Gasteiger partial charge < -0.3 is 16.2 Å². The predicted octanol–water partition coefficient (Wildman–Crippen LogP) is 0.633. The van der Waals surface area contributed by atoms with Crippen molar-refractivity contribution >= 4 is 11.8 Å². The van der Waals surface area contributed by atoms with Gasteiger partial charge in [-0.1, -0.05) is 6.07 Å². The summed E-state index contributed by atoms with van der Waals surface area (Å²) in [5.41, 5.74) is 4.73. The summed E-state index contributed by atoms with van der Waals surface area (Å²) in [5, 5.41) is 11.8. The van der Waals surface area contributed by atoms with Crippen LogP contribution in [0.3, 0.4) is 0 Å². The average molecular weight is 236 g/mol. The van der Waals surface area contributed by atoms with Crippen LogP contribution in [0.15, 0.2) is 24.3 Å².